The lowest BCUT2D eigenvalue weighted by molar-refractivity contribution is 0.420. The van der Waals surface area contributed by atoms with E-state index in [1.54, 1.807) is 6.33 Å². The molecule has 19 heavy (non-hydrogen) atoms. The molecule has 0 atom stereocenters. The van der Waals surface area contributed by atoms with Crippen LogP contribution in [0.3, 0.4) is 0 Å². The van der Waals surface area contributed by atoms with Crippen molar-refractivity contribution in [2.75, 3.05) is 0 Å². The van der Waals surface area contributed by atoms with E-state index < -0.39 is 0 Å². The van der Waals surface area contributed by atoms with Crippen LogP contribution in [0, 0.1) is 0 Å². The second-order valence-electron chi connectivity index (χ2n) is 5.06. The maximum Gasteiger partial charge on any atom is 0.136 e. The van der Waals surface area contributed by atoms with E-state index in [9.17, 15) is 0 Å². The third kappa shape index (κ3) is 2.25. The Hall–Kier alpha value is -1.41. The standard InChI is InChI=1S/C16H17ClN2/c1-2-12-15(18-10-19-16(12)17)14-9-4-3-8-13(14)11-6-5-7-11/h3-4,8-11H,2,5-7H2,1H3. The molecular weight excluding hydrogens is 256 g/mol. The molecule has 0 spiro atoms. The minimum Gasteiger partial charge on any atom is -0.236 e. The van der Waals surface area contributed by atoms with Gasteiger partial charge in [0, 0.05) is 11.1 Å². The van der Waals surface area contributed by atoms with Crippen LogP contribution in [0.25, 0.3) is 11.3 Å². The number of nitrogens with zero attached hydrogens (tertiary/aromatic N) is 2. The van der Waals surface area contributed by atoms with Gasteiger partial charge >= 0.3 is 0 Å². The molecule has 98 valence electrons. The van der Waals surface area contributed by atoms with Crippen LogP contribution >= 0.6 is 11.6 Å². The lowest BCUT2D eigenvalue weighted by Gasteiger charge is -2.28. The van der Waals surface area contributed by atoms with E-state index in [4.69, 9.17) is 11.6 Å². The highest BCUT2D eigenvalue weighted by Gasteiger charge is 2.23. The minimum atomic E-state index is 0.580. The molecule has 0 saturated heterocycles. The first-order valence-corrected chi connectivity index (χ1v) is 7.27. The normalized spacial score (nSPS) is 15.3. The van der Waals surface area contributed by atoms with Gasteiger partial charge in [-0.2, -0.15) is 0 Å². The second-order valence-corrected chi connectivity index (χ2v) is 5.42. The summed E-state index contributed by atoms with van der Waals surface area (Å²) >= 11 is 6.21. The Labute approximate surface area is 118 Å². The highest BCUT2D eigenvalue weighted by atomic mass is 35.5. The largest absolute Gasteiger partial charge is 0.236 e. The summed E-state index contributed by atoms with van der Waals surface area (Å²) in [6.07, 6.45) is 6.33. The van der Waals surface area contributed by atoms with Crippen LogP contribution in [0.15, 0.2) is 30.6 Å². The van der Waals surface area contributed by atoms with E-state index in [0.29, 0.717) is 11.1 Å². The summed E-state index contributed by atoms with van der Waals surface area (Å²) in [6.45, 7) is 2.10. The van der Waals surface area contributed by atoms with Crippen molar-refractivity contribution in [3.63, 3.8) is 0 Å². The van der Waals surface area contributed by atoms with Crippen LogP contribution in [0.4, 0.5) is 0 Å². The van der Waals surface area contributed by atoms with Crippen LogP contribution in [0.5, 0.6) is 0 Å². The first-order chi connectivity index (χ1) is 9.31. The van der Waals surface area contributed by atoms with E-state index in [0.717, 1.165) is 17.7 Å². The van der Waals surface area contributed by atoms with E-state index >= 15 is 0 Å². The molecule has 1 fully saturated rings. The van der Waals surface area contributed by atoms with Crippen molar-refractivity contribution in [3.05, 3.63) is 46.9 Å². The van der Waals surface area contributed by atoms with E-state index in [2.05, 4.69) is 41.2 Å². The molecule has 1 aliphatic rings. The molecule has 1 aliphatic carbocycles. The summed E-state index contributed by atoms with van der Waals surface area (Å²) in [5.41, 5.74) is 4.70. The SMILES string of the molecule is CCc1c(Cl)ncnc1-c1ccccc1C1CCC1. The molecule has 0 amide bonds. The Morgan fingerprint density at radius 1 is 1.21 bits per heavy atom. The van der Waals surface area contributed by atoms with E-state index in [1.807, 2.05) is 0 Å². The van der Waals surface area contributed by atoms with Gasteiger partial charge in [0.25, 0.3) is 0 Å². The number of rotatable bonds is 3. The Bertz CT molecular complexity index is 591. The van der Waals surface area contributed by atoms with Gasteiger partial charge in [-0.25, -0.2) is 9.97 Å². The Kier molecular flexibility index (Phi) is 3.52. The first kappa shape index (κ1) is 12.6. The van der Waals surface area contributed by atoms with Crippen LogP contribution in [0.1, 0.15) is 43.2 Å². The van der Waals surface area contributed by atoms with Gasteiger partial charge in [-0.05, 0) is 30.7 Å². The van der Waals surface area contributed by atoms with Crippen LogP contribution < -0.4 is 0 Å². The average Bonchev–Trinajstić information content (AvgIpc) is 2.37. The third-order valence-corrected chi connectivity index (χ3v) is 4.33. The van der Waals surface area contributed by atoms with Gasteiger partial charge in [-0.15, -0.1) is 0 Å². The first-order valence-electron chi connectivity index (χ1n) is 6.90. The number of hydrogen-bond donors (Lipinski definition) is 0. The zero-order chi connectivity index (χ0) is 13.2. The van der Waals surface area contributed by atoms with Crippen molar-refractivity contribution in [1.82, 2.24) is 9.97 Å². The number of halogens is 1. The maximum atomic E-state index is 6.21. The van der Waals surface area contributed by atoms with Crippen molar-refractivity contribution < 1.29 is 0 Å². The van der Waals surface area contributed by atoms with Gasteiger partial charge < -0.3 is 0 Å². The average molecular weight is 273 g/mol. The lowest BCUT2D eigenvalue weighted by Crippen LogP contribution is -2.10. The fraction of sp³-hybridized carbons (Fsp3) is 0.375. The molecule has 0 aliphatic heterocycles. The van der Waals surface area contributed by atoms with Crippen molar-refractivity contribution in [2.45, 2.75) is 38.5 Å². The third-order valence-electron chi connectivity index (χ3n) is 4.01. The summed E-state index contributed by atoms with van der Waals surface area (Å²) in [5.74, 6) is 0.689. The topological polar surface area (TPSA) is 25.8 Å². The molecule has 0 bridgehead atoms. The highest BCUT2D eigenvalue weighted by molar-refractivity contribution is 6.30. The lowest BCUT2D eigenvalue weighted by atomic mass is 9.77. The Balaban J connectivity index is 2.14. The second kappa shape index (κ2) is 5.30. The summed E-state index contributed by atoms with van der Waals surface area (Å²) in [5, 5.41) is 0.580. The van der Waals surface area contributed by atoms with Gasteiger partial charge in [0.15, 0.2) is 0 Å². The fourth-order valence-corrected chi connectivity index (χ4v) is 2.99. The predicted molar refractivity (Wildman–Crippen MR) is 78.4 cm³/mol. The molecule has 1 aromatic heterocycles. The number of benzene rings is 1. The van der Waals surface area contributed by atoms with Crippen LogP contribution in [-0.2, 0) is 6.42 Å². The maximum absolute atomic E-state index is 6.21. The zero-order valence-corrected chi connectivity index (χ0v) is 11.8. The molecular formula is C16H17ClN2. The Morgan fingerprint density at radius 3 is 2.68 bits per heavy atom. The van der Waals surface area contributed by atoms with Crippen molar-refractivity contribution in [2.24, 2.45) is 0 Å². The minimum absolute atomic E-state index is 0.580. The quantitative estimate of drug-likeness (QED) is 0.762. The Morgan fingerprint density at radius 2 is 2.00 bits per heavy atom. The van der Waals surface area contributed by atoms with Crippen LogP contribution in [-0.4, -0.2) is 9.97 Å². The fourth-order valence-electron chi connectivity index (χ4n) is 2.72. The van der Waals surface area contributed by atoms with Gasteiger partial charge in [0.05, 0.1) is 5.69 Å². The smallest absolute Gasteiger partial charge is 0.136 e. The van der Waals surface area contributed by atoms with E-state index in [-0.39, 0.29) is 0 Å². The summed E-state index contributed by atoms with van der Waals surface area (Å²) in [7, 11) is 0. The summed E-state index contributed by atoms with van der Waals surface area (Å²) < 4.78 is 0. The van der Waals surface area contributed by atoms with Gasteiger partial charge in [0.2, 0.25) is 0 Å². The molecule has 1 heterocycles. The monoisotopic (exact) mass is 272 g/mol. The van der Waals surface area contributed by atoms with Crippen molar-refractivity contribution >= 4 is 11.6 Å². The summed E-state index contributed by atoms with van der Waals surface area (Å²) in [6, 6.07) is 8.58. The van der Waals surface area contributed by atoms with Crippen molar-refractivity contribution in [3.8, 4) is 11.3 Å². The molecule has 0 radical (unpaired) electrons. The molecule has 3 rings (SSSR count). The molecule has 0 N–H and O–H groups in total. The number of hydrogen-bond acceptors (Lipinski definition) is 2. The zero-order valence-electron chi connectivity index (χ0n) is 11.1. The molecule has 2 nitrogen and oxygen atoms in total. The predicted octanol–water partition coefficient (Wildman–Crippen LogP) is 4.63. The van der Waals surface area contributed by atoms with E-state index in [1.165, 1.54) is 30.4 Å². The molecule has 2 aromatic rings. The van der Waals surface area contributed by atoms with Gasteiger partial charge in [-0.3, -0.25) is 0 Å². The van der Waals surface area contributed by atoms with Crippen molar-refractivity contribution in [1.29, 1.82) is 0 Å². The summed E-state index contributed by atoms with van der Waals surface area (Å²) in [4.78, 5) is 8.59. The molecule has 0 unspecified atom stereocenters. The number of aromatic nitrogens is 2. The molecule has 1 saturated carbocycles. The molecule has 1 aromatic carbocycles. The highest BCUT2D eigenvalue weighted by Crippen LogP contribution is 2.41. The van der Waals surface area contributed by atoms with Gasteiger partial charge in [-0.1, -0.05) is 49.2 Å². The van der Waals surface area contributed by atoms with Crippen LogP contribution in [0.2, 0.25) is 5.15 Å². The van der Waals surface area contributed by atoms with Gasteiger partial charge in [0.1, 0.15) is 11.5 Å². The molecule has 3 heteroatoms.